The largest absolute Gasteiger partial charge is 0.399 e. The monoisotopic (exact) mass is 249 g/mol. The van der Waals surface area contributed by atoms with Crippen molar-refractivity contribution in [2.24, 2.45) is 5.73 Å². The third-order valence-corrected chi connectivity index (χ3v) is 2.59. The van der Waals surface area contributed by atoms with E-state index in [2.05, 4.69) is 5.32 Å². The average Bonchev–Trinajstić information content (AvgIpc) is 2.26. The third kappa shape index (κ3) is 4.86. The first-order valence-electron chi connectivity index (χ1n) is 5.90. The predicted molar refractivity (Wildman–Crippen MR) is 70.6 cm³/mol. The summed E-state index contributed by atoms with van der Waals surface area (Å²) in [6, 6.07) is 7.22. The normalized spacial score (nSPS) is 11.8. The van der Waals surface area contributed by atoms with Gasteiger partial charge in [0.15, 0.2) is 0 Å². The maximum atomic E-state index is 11.6. The van der Waals surface area contributed by atoms with Crippen molar-refractivity contribution in [1.82, 2.24) is 5.32 Å². The summed E-state index contributed by atoms with van der Waals surface area (Å²) in [7, 11) is 0. The molecule has 5 nitrogen and oxygen atoms in total. The molecule has 0 saturated carbocycles. The molecule has 0 aliphatic carbocycles. The average molecular weight is 249 g/mol. The minimum Gasteiger partial charge on any atom is -0.399 e. The van der Waals surface area contributed by atoms with Gasteiger partial charge in [0.2, 0.25) is 11.8 Å². The maximum Gasteiger partial charge on any atom is 0.220 e. The Morgan fingerprint density at radius 2 is 2.00 bits per heavy atom. The Labute approximate surface area is 107 Å². The number of nitrogens with two attached hydrogens (primary N) is 2. The second-order valence-electron chi connectivity index (χ2n) is 4.34. The fourth-order valence-corrected chi connectivity index (χ4v) is 1.71. The van der Waals surface area contributed by atoms with Crippen molar-refractivity contribution in [3.05, 3.63) is 29.8 Å². The van der Waals surface area contributed by atoms with E-state index in [1.165, 1.54) is 0 Å². The molecule has 0 saturated heterocycles. The molecule has 1 aromatic carbocycles. The summed E-state index contributed by atoms with van der Waals surface area (Å²) >= 11 is 0. The molecule has 0 radical (unpaired) electrons. The topological polar surface area (TPSA) is 98.2 Å². The molecule has 1 atom stereocenters. The van der Waals surface area contributed by atoms with Crippen LogP contribution in [0.15, 0.2) is 24.3 Å². The van der Waals surface area contributed by atoms with Gasteiger partial charge in [-0.25, -0.2) is 0 Å². The maximum absolute atomic E-state index is 11.6. The van der Waals surface area contributed by atoms with Gasteiger partial charge in [0, 0.05) is 24.6 Å². The Morgan fingerprint density at radius 1 is 1.33 bits per heavy atom. The van der Waals surface area contributed by atoms with Gasteiger partial charge in [-0.15, -0.1) is 0 Å². The highest BCUT2D eigenvalue weighted by atomic mass is 16.2. The summed E-state index contributed by atoms with van der Waals surface area (Å²) in [6.45, 7) is 1.75. The van der Waals surface area contributed by atoms with Crippen LogP contribution in [0, 0.1) is 0 Å². The van der Waals surface area contributed by atoms with Gasteiger partial charge in [-0.05, 0) is 25.0 Å². The Balaban J connectivity index is 2.38. The van der Waals surface area contributed by atoms with Crippen LogP contribution in [0.4, 0.5) is 5.69 Å². The molecule has 0 aliphatic heterocycles. The van der Waals surface area contributed by atoms with Crippen molar-refractivity contribution in [3.8, 4) is 0 Å². The van der Waals surface area contributed by atoms with Crippen LogP contribution < -0.4 is 16.8 Å². The zero-order valence-corrected chi connectivity index (χ0v) is 10.5. The van der Waals surface area contributed by atoms with Crippen LogP contribution in [0.1, 0.15) is 25.3 Å². The SMILES string of the molecule is CC(CC(N)=O)NC(=O)CCc1ccccc1N. The molecule has 1 aromatic rings. The molecule has 0 spiro atoms. The molecule has 0 aliphatic rings. The van der Waals surface area contributed by atoms with E-state index < -0.39 is 5.91 Å². The second-order valence-corrected chi connectivity index (χ2v) is 4.34. The summed E-state index contributed by atoms with van der Waals surface area (Å²) in [5.74, 6) is -0.526. The number of para-hydroxylation sites is 1. The summed E-state index contributed by atoms with van der Waals surface area (Å²) in [4.78, 5) is 22.3. The highest BCUT2D eigenvalue weighted by molar-refractivity contribution is 5.79. The van der Waals surface area contributed by atoms with E-state index in [1.807, 2.05) is 24.3 Å². The van der Waals surface area contributed by atoms with Crippen molar-refractivity contribution in [2.75, 3.05) is 5.73 Å². The molecule has 0 heterocycles. The lowest BCUT2D eigenvalue weighted by Crippen LogP contribution is -2.35. The lowest BCUT2D eigenvalue weighted by atomic mass is 10.1. The molecule has 0 aromatic heterocycles. The van der Waals surface area contributed by atoms with Crippen LogP contribution in [0.2, 0.25) is 0 Å². The first-order chi connectivity index (χ1) is 8.49. The van der Waals surface area contributed by atoms with Crippen molar-refractivity contribution < 1.29 is 9.59 Å². The molecular formula is C13H19N3O2. The molecule has 5 N–H and O–H groups in total. The Bertz CT molecular complexity index is 432. The van der Waals surface area contributed by atoms with Crippen LogP contribution >= 0.6 is 0 Å². The summed E-state index contributed by atoms with van der Waals surface area (Å²) in [5, 5.41) is 2.72. The molecule has 18 heavy (non-hydrogen) atoms. The van der Waals surface area contributed by atoms with E-state index in [1.54, 1.807) is 6.92 Å². The van der Waals surface area contributed by atoms with E-state index in [4.69, 9.17) is 11.5 Å². The molecular weight excluding hydrogens is 230 g/mol. The van der Waals surface area contributed by atoms with Crippen LogP contribution in [0.25, 0.3) is 0 Å². The number of anilines is 1. The number of nitrogens with one attached hydrogen (secondary N) is 1. The lowest BCUT2D eigenvalue weighted by molar-refractivity contribution is -0.122. The predicted octanol–water partition coefficient (Wildman–Crippen LogP) is 0.581. The Kier molecular flexibility index (Phi) is 5.17. The zero-order chi connectivity index (χ0) is 13.5. The standard InChI is InChI=1S/C13H19N3O2/c1-9(8-12(15)17)16-13(18)7-6-10-4-2-3-5-11(10)14/h2-5,9H,6-8,14H2,1H3,(H2,15,17)(H,16,18). The smallest absolute Gasteiger partial charge is 0.220 e. The minimum absolute atomic E-state index is 0.105. The number of aryl methyl sites for hydroxylation is 1. The van der Waals surface area contributed by atoms with Crippen LogP contribution in [0.3, 0.4) is 0 Å². The molecule has 2 amide bonds. The molecule has 0 fully saturated rings. The number of amides is 2. The van der Waals surface area contributed by atoms with Crippen molar-refractivity contribution in [1.29, 1.82) is 0 Å². The second kappa shape index (κ2) is 6.64. The number of benzene rings is 1. The number of carbonyl (C=O) groups excluding carboxylic acids is 2. The minimum atomic E-state index is -0.421. The fourth-order valence-electron chi connectivity index (χ4n) is 1.71. The third-order valence-electron chi connectivity index (χ3n) is 2.59. The van der Waals surface area contributed by atoms with E-state index in [9.17, 15) is 9.59 Å². The summed E-state index contributed by atoms with van der Waals surface area (Å²) in [5.41, 5.74) is 12.5. The lowest BCUT2D eigenvalue weighted by Gasteiger charge is -2.12. The van der Waals surface area contributed by atoms with E-state index >= 15 is 0 Å². The number of hydrogen-bond donors (Lipinski definition) is 3. The van der Waals surface area contributed by atoms with Gasteiger partial charge in [0.05, 0.1) is 0 Å². The first-order valence-corrected chi connectivity index (χ1v) is 5.90. The number of rotatable bonds is 6. The van der Waals surface area contributed by atoms with Crippen LogP contribution in [-0.2, 0) is 16.0 Å². The molecule has 5 heteroatoms. The van der Waals surface area contributed by atoms with Crippen LogP contribution in [0.5, 0.6) is 0 Å². The zero-order valence-electron chi connectivity index (χ0n) is 10.5. The summed E-state index contributed by atoms with van der Waals surface area (Å²) in [6.07, 6.45) is 1.08. The number of hydrogen-bond acceptors (Lipinski definition) is 3. The summed E-state index contributed by atoms with van der Waals surface area (Å²) < 4.78 is 0. The van der Waals surface area contributed by atoms with Gasteiger partial charge in [0.25, 0.3) is 0 Å². The van der Waals surface area contributed by atoms with Gasteiger partial charge in [-0.2, -0.15) is 0 Å². The first kappa shape index (κ1) is 14.0. The van der Waals surface area contributed by atoms with Gasteiger partial charge in [-0.3, -0.25) is 9.59 Å². The number of primary amides is 1. The van der Waals surface area contributed by atoms with Gasteiger partial charge >= 0.3 is 0 Å². The van der Waals surface area contributed by atoms with Crippen molar-refractivity contribution >= 4 is 17.5 Å². The van der Waals surface area contributed by atoms with Gasteiger partial charge < -0.3 is 16.8 Å². The van der Waals surface area contributed by atoms with Gasteiger partial charge in [-0.1, -0.05) is 18.2 Å². The highest BCUT2D eigenvalue weighted by Gasteiger charge is 2.10. The Hall–Kier alpha value is -2.04. The molecule has 98 valence electrons. The molecule has 1 rings (SSSR count). The van der Waals surface area contributed by atoms with E-state index in [-0.39, 0.29) is 18.4 Å². The quantitative estimate of drug-likeness (QED) is 0.643. The van der Waals surface area contributed by atoms with Crippen LogP contribution in [-0.4, -0.2) is 17.9 Å². The van der Waals surface area contributed by atoms with E-state index in [0.717, 1.165) is 5.56 Å². The number of carbonyl (C=O) groups is 2. The Morgan fingerprint density at radius 3 is 2.61 bits per heavy atom. The van der Waals surface area contributed by atoms with E-state index in [0.29, 0.717) is 18.5 Å². The molecule has 1 unspecified atom stereocenters. The fraction of sp³-hybridized carbons (Fsp3) is 0.385. The highest BCUT2D eigenvalue weighted by Crippen LogP contribution is 2.12. The van der Waals surface area contributed by atoms with Crippen molar-refractivity contribution in [2.45, 2.75) is 32.2 Å². The van der Waals surface area contributed by atoms with Gasteiger partial charge in [0.1, 0.15) is 0 Å². The molecule has 0 bridgehead atoms. The number of nitrogen functional groups attached to an aromatic ring is 1. The van der Waals surface area contributed by atoms with Crippen molar-refractivity contribution in [3.63, 3.8) is 0 Å².